The summed E-state index contributed by atoms with van der Waals surface area (Å²) in [6.07, 6.45) is 1.53. The molecule has 2 aromatic carbocycles. The number of para-hydroxylation sites is 2. The number of allylic oxidation sites excluding steroid dienone is 2. The van der Waals surface area contributed by atoms with Gasteiger partial charge in [-0.2, -0.15) is 0 Å². The lowest BCUT2D eigenvalue weighted by Gasteiger charge is -2.33. The number of fused-ring (bicyclic) bond motifs is 1. The molecule has 1 aromatic heterocycles. The number of hydrogen-bond acceptors (Lipinski definition) is 5. The monoisotopic (exact) mass is 548 g/mol. The number of esters is 1. The van der Waals surface area contributed by atoms with Crippen LogP contribution in [0.3, 0.4) is 0 Å². The van der Waals surface area contributed by atoms with Crippen molar-refractivity contribution in [2.75, 3.05) is 6.61 Å². The van der Waals surface area contributed by atoms with E-state index in [-0.39, 0.29) is 12.5 Å². The molecule has 1 amide bonds. The minimum atomic E-state index is -0.658. The highest BCUT2D eigenvalue weighted by atomic mass is 35.5. The van der Waals surface area contributed by atoms with E-state index < -0.39 is 17.4 Å². The lowest BCUT2D eigenvalue weighted by Crippen LogP contribution is -2.44. The summed E-state index contributed by atoms with van der Waals surface area (Å²) < 4.78 is 7.98. The Kier molecular flexibility index (Phi) is 8.50. The quantitative estimate of drug-likeness (QED) is 0.260. The first-order valence-corrected chi connectivity index (χ1v) is 13.7. The number of aromatic nitrogens is 2. The van der Waals surface area contributed by atoms with E-state index in [1.165, 1.54) is 0 Å². The van der Waals surface area contributed by atoms with E-state index in [1.54, 1.807) is 6.07 Å². The van der Waals surface area contributed by atoms with Gasteiger partial charge in [-0.1, -0.05) is 41.9 Å². The number of amides is 1. The van der Waals surface area contributed by atoms with Crippen LogP contribution in [0, 0.1) is 6.92 Å². The molecule has 1 atom stereocenters. The third-order valence-corrected chi connectivity index (χ3v) is 7.13. The second-order valence-corrected chi connectivity index (χ2v) is 11.4. The van der Waals surface area contributed by atoms with Gasteiger partial charge >= 0.3 is 5.97 Å². The first kappa shape index (κ1) is 28.4. The number of carbonyl (C=O) groups is 2. The van der Waals surface area contributed by atoms with Gasteiger partial charge in [-0.05, 0) is 78.1 Å². The highest BCUT2D eigenvalue weighted by Crippen LogP contribution is 2.41. The van der Waals surface area contributed by atoms with Crippen molar-refractivity contribution in [2.45, 2.75) is 72.4 Å². The van der Waals surface area contributed by atoms with Crippen molar-refractivity contribution < 1.29 is 14.3 Å². The normalized spacial score (nSPS) is 15.9. The maximum absolute atomic E-state index is 13.6. The van der Waals surface area contributed by atoms with Gasteiger partial charge in [0, 0.05) is 34.1 Å². The minimum absolute atomic E-state index is 0.252. The largest absolute Gasteiger partial charge is 0.462 e. The summed E-state index contributed by atoms with van der Waals surface area (Å²) in [7, 11) is 0. The molecule has 206 valence electrons. The van der Waals surface area contributed by atoms with E-state index in [9.17, 15) is 9.59 Å². The summed E-state index contributed by atoms with van der Waals surface area (Å²) in [6.45, 7) is 12.5. The molecule has 0 fully saturated rings. The maximum atomic E-state index is 13.6. The van der Waals surface area contributed by atoms with Gasteiger partial charge in [0.15, 0.2) is 0 Å². The van der Waals surface area contributed by atoms with Crippen LogP contribution in [0.4, 0.5) is 0 Å². The Balaban J connectivity index is 1.51. The Morgan fingerprint density at radius 3 is 2.38 bits per heavy atom. The number of benzene rings is 2. The molecule has 1 aliphatic rings. The van der Waals surface area contributed by atoms with E-state index in [1.807, 2.05) is 77.9 Å². The number of dihydropyridines is 1. The van der Waals surface area contributed by atoms with Crippen molar-refractivity contribution in [1.29, 1.82) is 0 Å². The molecule has 0 spiro atoms. The Morgan fingerprint density at radius 1 is 1.00 bits per heavy atom. The SMILES string of the molecule is CC1=C(C(=O)NC(C)(C)C)C(c2ccccc2Cl)C(C(=O)OCCCCn2c(C)nc3ccccc32)=C(C)N1. The number of imidazole rings is 1. The number of rotatable bonds is 8. The average molecular weight is 549 g/mol. The smallest absolute Gasteiger partial charge is 0.336 e. The van der Waals surface area contributed by atoms with E-state index >= 15 is 0 Å². The zero-order valence-corrected chi connectivity index (χ0v) is 24.3. The standard InChI is InChI=1S/C31H37ClN4O3/c1-19-26(29(37)35-31(4,5)6)28(22-13-7-8-14-23(22)32)27(20(2)33-19)30(38)39-18-12-11-17-36-21(3)34-24-15-9-10-16-25(24)36/h7-10,13-16,28,33H,11-12,17-18H2,1-6H3,(H,35,37). The summed E-state index contributed by atoms with van der Waals surface area (Å²) >= 11 is 6.62. The van der Waals surface area contributed by atoms with E-state index in [2.05, 4.69) is 26.3 Å². The van der Waals surface area contributed by atoms with Crippen LogP contribution in [-0.4, -0.2) is 33.6 Å². The highest BCUT2D eigenvalue weighted by molar-refractivity contribution is 6.31. The van der Waals surface area contributed by atoms with Crippen LogP contribution in [0.1, 0.15) is 64.8 Å². The molecule has 0 radical (unpaired) electrons. The summed E-state index contributed by atoms with van der Waals surface area (Å²) in [5.41, 5.74) is 4.50. The van der Waals surface area contributed by atoms with Gasteiger partial charge in [-0.25, -0.2) is 9.78 Å². The van der Waals surface area contributed by atoms with Gasteiger partial charge in [0.2, 0.25) is 5.91 Å². The number of hydrogen-bond donors (Lipinski definition) is 2. The van der Waals surface area contributed by atoms with Crippen LogP contribution < -0.4 is 10.6 Å². The Labute approximate surface area is 235 Å². The Hall–Kier alpha value is -3.58. The lowest BCUT2D eigenvalue weighted by molar-refractivity contribution is -0.139. The zero-order valence-electron chi connectivity index (χ0n) is 23.5. The molecule has 1 unspecified atom stereocenters. The van der Waals surface area contributed by atoms with Crippen molar-refractivity contribution in [3.8, 4) is 0 Å². The molecule has 2 N–H and O–H groups in total. The highest BCUT2D eigenvalue weighted by Gasteiger charge is 2.38. The molecule has 0 saturated heterocycles. The number of nitrogens with one attached hydrogen (secondary N) is 2. The fourth-order valence-electron chi connectivity index (χ4n) is 5.09. The van der Waals surface area contributed by atoms with Gasteiger partial charge in [0.1, 0.15) is 5.82 Å². The molecule has 3 aromatic rings. The summed E-state index contributed by atoms with van der Waals surface area (Å²) in [6, 6.07) is 15.4. The van der Waals surface area contributed by atoms with Crippen LogP contribution in [-0.2, 0) is 20.9 Å². The zero-order chi connectivity index (χ0) is 28.3. The van der Waals surface area contributed by atoms with Crippen molar-refractivity contribution in [3.05, 3.63) is 87.5 Å². The molecule has 0 bridgehead atoms. The Bertz CT molecular complexity index is 1460. The molecule has 0 aliphatic carbocycles. The van der Waals surface area contributed by atoms with Crippen LogP contribution >= 0.6 is 11.6 Å². The van der Waals surface area contributed by atoms with Gasteiger partial charge in [0.25, 0.3) is 0 Å². The molecule has 7 nitrogen and oxygen atoms in total. The van der Waals surface area contributed by atoms with E-state index in [0.717, 1.165) is 29.8 Å². The number of aryl methyl sites for hydroxylation is 2. The van der Waals surface area contributed by atoms with Gasteiger partial charge in [0.05, 0.1) is 29.1 Å². The number of carbonyl (C=O) groups excluding carboxylic acids is 2. The van der Waals surface area contributed by atoms with Crippen molar-refractivity contribution >= 4 is 34.5 Å². The summed E-state index contributed by atoms with van der Waals surface area (Å²) in [5, 5.41) is 6.76. The van der Waals surface area contributed by atoms with Crippen LogP contribution in [0.25, 0.3) is 11.0 Å². The minimum Gasteiger partial charge on any atom is -0.462 e. The number of unbranched alkanes of at least 4 members (excludes halogenated alkanes) is 1. The van der Waals surface area contributed by atoms with Crippen molar-refractivity contribution in [3.63, 3.8) is 0 Å². The average Bonchev–Trinajstić information content (AvgIpc) is 3.17. The van der Waals surface area contributed by atoms with Gasteiger partial charge in [-0.15, -0.1) is 0 Å². The topological polar surface area (TPSA) is 85.2 Å². The summed E-state index contributed by atoms with van der Waals surface area (Å²) in [5.74, 6) is -0.399. The molecular formula is C31H37ClN4O3. The fraction of sp³-hybridized carbons (Fsp3) is 0.387. The number of halogens is 1. The van der Waals surface area contributed by atoms with E-state index in [0.29, 0.717) is 39.5 Å². The second kappa shape index (κ2) is 11.7. The predicted octanol–water partition coefficient (Wildman–Crippen LogP) is 6.17. The first-order valence-electron chi connectivity index (χ1n) is 13.3. The van der Waals surface area contributed by atoms with Crippen molar-refractivity contribution in [1.82, 2.24) is 20.2 Å². The Morgan fingerprint density at radius 2 is 1.67 bits per heavy atom. The van der Waals surface area contributed by atoms with Gasteiger partial charge < -0.3 is 19.9 Å². The number of ether oxygens (including phenoxy) is 1. The predicted molar refractivity (Wildman–Crippen MR) is 155 cm³/mol. The molecule has 2 heterocycles. The first-order chi connectivity index (χ1) is 18.5. The lowest BCUT2D eigenvalue weighted by atomic mass is 9.79. The third-order valence-electron chi connectivity index (χ3n) is 6.78. The fourth-order valence-corrected chi connectivity index (χ4v) is 5.33. The second-order valence-electron chi connectivity index (χ2n) is 11.0. The molecular weight excluding hydrogens is 512 g/mol. The van der Waals surface area contributed by atoms with Crippen LogP contribution in [0.5, 0.6) is 0 Å². The van der Waals surface area contributed by atoms with Crippen LogP contribution in [0.2, 0.25) is 5.02 Å². The molecule has 39 heavy (non-hydrogen) atoms. The van der Waals surface area contributed by atoms with Crippen LogP contribution in [0.15, 0.2) is 71.1 Å². The summed E-state index contributed by atoms with van der Waals surface area (Å²) in [4.78, 5) is 31.7. The maximum Gasteiger partial charge on any atom is 0.336 e. The third kappa shape index (κ3) is 6.36. The van der Waals surface area contributed by atoms with E-state index in [4.69, 9.17) is 16.3 Å². The molecule has 4 rings (SSSR count). The molecule has 1 aliphatic heterocycles. The van der Waals surface area contributed by atoms with Crippen molar-refractivity contribution in [2.24, 2.45) is 0 Å². The number of nitrogens with zero attached hydrogens (tertiary/aromatic N) is 2. The van der Waals surface area contributed by atoms with Gasteiger partial charge in [-0.3, -0.25) is 4.79 Å². The molecule has 8 heteroatoms. The molecule has 0 saturated carbocycles.